The van der Waals surface area contributed by atoms with Gasteiger partial charge in [-0.2, -0.15) is 5.26 Å². The summed E-state index contributed by atoms with van der Waals surface area (Å²) in [7, 11) is 0. The average Bonchev–Trinajstić information content (AvgIpc) is 2.58. The van der Waals surface area contributed by atoms with Gasteiger partial charge >= 0.3 is 0 Å². The molecule has 1 aliphatic rings. The van der Waals surface area contributed by atoms with Crippen LogP contribution in [0.5, 0.6) is 0 Å². The monoisotopic (exact) mass is 342 g/mol. The molecule has 1 aliphatic heterocycles. The molecular weight excluding hydrogens is 312 g/mol. The third-order valence-electron chi connectivity index (χ3n) is 5.44. The number of piperazine rings is 1. The van der Waals surface area contributed by atoms with Crippen LogP contribution in [0, 0.1) is 31.1 Å². The highest BCUT2D eigenvalue weighted by molar-refractivity contribution is 5.79. The van der Waals surface area contributed by atoms with Gasteiger partial charge in [-0.15, -0.1) is 0 Å². The Labute approximate surface area is 151 Å². The van der Waals surface area contributed by atoms with Crippen LogP contribution >= 0.6 is 0 Å². The van der Waals surface area contributed by atoms with Crippen molar-refractivity contribution in [1.29, 1.82) is 5.26 Å². The van der Waals surface area contributed by atoms with Crippen LogP contribution in [0.15, 0.2) is 18.2 Å². The normalized spacial score (nSPS) is 17.9. The van der Waals surface area contributed by atoms with Crippen molar-refractivity contribution in [2.75, 3.05) is 37.6 Å². The Kier molecular flexibility index (Phi) is 6.07. The molecule has 1 aromatic rings. The fourth-order valence-corrected chi connectivity index (χ4v) is 3.06. The topological polar surface area (TPSA) is 59.4 Å². The molecule has 1 heterocycles. The van der Waals surface area contributed by atoms with E-state index in [-0.39, 0.29) is 11.8 Å². The van der Waals surface area contributed by atoms with Crippen molar-refractivity contribution in [3.63, 3.8) is 0 Å². The number of aryl methyl sites for hydroxylation is 1. The molecule has 1 N–H and O–H groups in total. The van der Waals surface area contributed by atoms with E-state index in [0.717, 1.165) is 26.2 Å². The number of anilines is 1. The first-order valence-electron chi connectivity index (χ1n) is 9.02. The van der Waals surface area contributed by atoms with E-state index in [2.05, 4.69) is 53.2 Å². The summed E-state index contributed by atoms with van der Waals surface area (Å²) in [5, 5.41) is 12.2. The Balaban J connectivity index is 1.89. The molecule has 136 valence electrons. The Bertz CT molecular complexity index is 656. The number of carbonyl (C=O) groups is 1. The molecule has 5 nitrogen and oxygen atoms in total. The number of nitrogens with one attached hydrogen (secondary N) is 1. The molecule has 0 radical (unpaired) electrons. The molecule has 1 unspecified atom stereocenters. The molecule has 0 aromatic heterocycles. The van der Waals surface area contributed by atoms with E-state index in [4.69, 9.17) is 0 Å². The molecule has 2 rings (SSSR count). The van der Waals surface area contributed by atoms with E-state index in [9.17, 15) is 10.1 Å². The van der Waals surface area contributed by atoms with Crippen LogP contribution in [0.2, 0.25) is 0 Å². The van der Waals surface area contributed by atoms with Crippen molar-refractivity contribution in [2.45, 2.75) is 40.2 Å². The maximum absolute atomic E-state index is 12.3. The molecule has 0 bridgehead atoms. The second-order valence-electron chi connectivity index (χ2n) is 7.50. The maximum Gasteiger partial charge on any atom is 0.235 e. The minimum atomic E-state index is -0.808. The van der Waals surface area contributed by atoms with Crippen LogP contribution in [0.4, 0.5) is 5.69 Å². The molecule has 0 aliphatic carbocycles. The zero-order chi connectivity index (χ0) is 18.6. The van der Waals surface area contributed by atoms with Crippen molar-refractivity contribution in [2.24, 2.45) is 5.92 Å². The van der Waals surface area contributed by atoms with Crippen molar-refractivity contribution in [3.8, 4) is 6.07 Å². The maximum atomic E-state index is 12.3. The highest BCUT2D eigenvalue weighted by Gasteiger charge is 2.30. The summed E-state index contributed by atoms with van der Waals surface area (Å²) in [5.41, 5.74) is 3.12. The Morgan fingerprint density at radius 2 is 1.92 bits per heavy atom. The quantitative estimate of drug-likeness (QED) is 0.893. The van der Waals surface area contributed by atoms with E-state index in [1.165, 1.54) is 16.8 Å². The second-order valence-corrected chi connectivity index (χ2v) is 7.50. The summed E-state index contributed by atoms with van der Waals surface area (Å²) < 4.78 is 0. The zero-order valence-electron chi connectivity index (χ0n) is 16.1. The lowest BCUT2D eigenvalue weighted by Crippen LogP contribution is -2.54. The molecule has 1 atom stereocenters. The van der Waals surface area contributed by atoms with Crippen LogP contribution < -0.4 is 10.2 Å². The molecule has 1 saturated heterocycles. The van der Waals surface area contributed by atoms with Crippen LogP contribution in [0.3, 0.4) is 0 Å². The van der Waals surface area contributed by atoms with Crippen molar-refractivity contribution < 1.29 is 4.79 Å². The molecule has 25 heavy (non-hydrogen) atoms. The Hall–Kier alpha value is -2.06. The highest BCUT2D eigenvalue weighted by atomic mass is 16.2. The van der Waals surface area contributed by atoms with Gasteiger partial charge in [0.25, 0.3) is 0 Å². The minimum Gasteiger partial charge on any atom is -0.369 e. The summed E-state index contributed by atoms with van der Waals surface area (Å²) >= 11 is 0. The number of rotatable bonds is 5. The van der Waals surface area contributed by atoms with Gasteiger partial charge in [0.2, 0.25) is 5.91 Å². The molecule has 1 aromatic carbocycles. The third-order valence-corrected chi connectivity index (χ3v) is 5.44. The summed E-state index contributed by atoms with van der Waals surface area (Å²) in [4.78, 5) is 16.9. The second kappa shape index (κ2) is 7.88. The van der Waals surface area contributed by atoms with Gasteiger partial charge in [0.1, 0.15) is 5.54 Å². The van der Waals surface area contributed by atoms with Gasteiger partial charge in [-0.05, 0) is 43.9 Å². The molecular formula is C20H30N4O. The third kappa shape index (κ3) is 4.52. The lowest BCUT2D eigenvalue weighted by molar-refractivity contribution is -0.124. The van der Waals surface area contributed by atoms with E-state index < -0.39 is 5.54 Å². The van der Waals surface area contributed by atoms with Crippen molar-refractivity contribution >= 4 is 11.6 Å². The lowest BCUT2D eigenvalue weighted by Gasteiger charge is -2.37. The van der Waals surface area contributed by atoms with Gasteiger partial charge < -0.3 is 10.2 Å². The first kappa shape index (κ1) is 19.3. The zero-order valence-corrected chi connectivity index (χ0v) is 16.1. The molecule has 1 fully saturated rings. The summed E-state index contributed by atoms with van der Waals surface area (Å²) in [6.45, 7) is 13.9. The summed E-state index contributed by atoms with van der Waals surface area (Å²) in [5.74, 6) is 0.000490. The first-order valence-corrected chi connectivity index (χ1v) is 9.02. The molecule has 5 heteroatoms. The number of nitriles is 1. The van der Waals surface area contributed by atoms with Crippen molar-refractivity contribution in [3.05, 3.63) is 29.3 Å². The molecule has 1 amide bonds. The molecule has 0 spiro atoms. The van der Waals surface area contributed by atoms with Gasteiger partial charge in [0.05, 0.1) is 12.6 Å². The van der Waals surface area contributed by atoms with Crippen LogP contribution in [0.25, 0.3) is 0 Å². The van der Waals surface area contributed by atoms with Crippen molar-refractivity contribution in [1.82, 2.24) is 10.2 Å². The van der Waals surface area contributed by atoms with Crippen LogP contribution in [0.1, 0.15) is 31.9 Å². The van der Waals surface area contributed by atoms with E-state index in [0.29, 0.717) is 6.54 Å². The number of hydrogen-bond donors (Lipinski definition) is 1. The predicted octanol–water partition coefficient (Wildman–Crippen LogP) is 2.48. The Morgan fingerprint density at radius 3 is 2.48 bits per heavy atom. The average molecular weight is 342 g/mol. The van der Waals surface area contributed by atoms with Gasteiger partial charge in [0.15, 0.2) is 0 Å². The number of hydrogen-bond acceptors (Lipinski definition) is 4. The van der Waals surface area contributed by atoms with E-state index in [1.807, 2.05) is 13.8 Å². The number of benzene rings is 1. The fraction of sp³-hybridized carbons (Fsp3) is 0.600. The smallest absolute Gasteiger partial charge is 0.235 e. The predicted molar refractivity (Wildman–Crippen MR) is 102 cm³/mol. The summed E-state index contributed by atoms with van der Waals surface area (Å²) in [6.07, 6.45) is 0. The summed E-state index contributed by atoms with van der Waals surface area (Å²) in [6, 6.07) is 8.64. The Morgan fingerprint density at radius 1 is 1.28 bits per heavy atom. The number of nitrogens with zero attached hydrogens (tertiary/aromatic N) is 3. The number of amides is 1. The van der Waals surface area contributed by atoms with E-state index >= 15 is 0 Å². The number of carbonyl (C=O) groups excluding carboxylic acids is 1. The van der Waals surface area contributed by atoms with Gasteiger partial charge in [-0.25, -0.2) is 0 Å². The van der Waals surface area contributed by atoms with Crippen LogP contribution in [-0.4, -0.2) is 49.1 Å². The fourth-order valence-electron chi connectivity index (χ4n) is 3.06. The van der Waals surface area contributed by atoms with Gasteiger partial charge in [-0.3, -0.25) is 9.69 Å². The first-order chi connectivity index (χ1) is 11.8. The van der Waals surface area contributed by atoms with E-state index in [1.54, 1.807) is 6.92 Å². The largest absolute Gasteiger partial charge is 0.369 e. The minimum absolute atomic E-state index is 0.0714. The lowest BCUT2D eigenvalue weighted by atomic mass is 9.90. The SMILES string of the molecule is Cc1cccc(N2CCN(CC(=O)NC(C)(C#N)C(C)C)CC2)c1C. The standard InChI is InChI=1S/C20H30N4O/c1-15(2)20(5,14-21)22-19(25)13-23-9-11-24(12-10-23)18-8-6-7-16(3)17(18)4/h6-8,15H,9-13H2,1-5H3,(H,22,25). The van der Waals surface area contributed by atoms with Gasteiger partial charge in [-0.1, -0.05) is 26.0 Å². The van der Waals surface area contributed by atoms with Gasteiger partial charge in [0, 0.05) is 31.9 Å². The molecule has 0 saturated carbocycles. The highest BCUT2D eigenvalue weighted by Crippen LogP contribution is 2.23. The van der Waals surface area contributed by atoms with Crippen LogP contribution in [-0.2, 0) is 4.79 Å².